The molecule has 0 aliphatic rings. The van der Waals surface area contributed by atoms with Crippen LogP contribution in [0.4, 0.5) is 0 Å². The molecular weight excluding hydrogens is 268 g/mol. The number of hydrogen-bond acceptors (Lipinski definition) is 1. The fourth-order valence-electron chi connectivity index (χ4n) is 2.46. The molecule has 0 atom stereocenters. The first-order valence-corrected chi connectivity index (χ1v) is 7.47. The molecule has 0 radical (unpaired) electrons. The Balaban J connectivity index is 1.71. The Labute approximate surface area is 130 Å². The average Bonchev–Trinajstić information content (AvgIpc) is 2.56. The van der Waals surface area contributed by atoms with Crippen LogP contribution in [-0.2, 0) is 0 Å². The number of carbonyl (C=O) groups is 1. The van der Waals surface area contributed by atoms with Gasteiger partial charge in [0.15, 0.2) is 5.78 Å². The quantitative estimate of drug-likeness (QED) is 0.584. The monoisotopic (exact) mass is 286 g/mol. The van der Waals surface area contributed by atoms with Gasteiger partial charge in [0, 0.05) is 12.0 Å². The molecule has 0 heterocycles. The summed E-state index contributed by atoms with van der Waals surface area (Å²) in [5.74, 6) is 0.147. The number of Topliss-reactive ketones (excluding diaryl/α,β-unsaturated/α-hetero) is 1. The molecule has 0 fully saturated rings. The molecule has 22 heavy (non-hydrogen) atoms. The Hall–Kier alpha value is -2.67. The summed E-state index contributed by atoms with van der Waals surface area (Å²) in [5, 5.41) is 2.27. The number of ketones is 1. The van der Waals surface area contributed by atoms with E-state index in [9.17, 15) is 4.79 Å². The van der Waals surface area contributed by atoms with Crippen molar-refractivity contribution in [2.75, 3.05) is 0 Å². The average molecular weight is 286 g/mol. The van der Waals surface area contributed by atoms with Crippen molar-refractivity contribution in [3.05, 3.63) is 89.5 Å². The highest BCUT2D eigenvalue weighted by Gasteiger charge is 2.04. The van der Waals surface area contributed by atoms with Crippen molar-refractivity contribution < 1.29 is 4.79 Å². The number of hydrogen-bond donors (Lipinski definition) is 0. The maximum atomic E-state index is 12.3. The Morgan fingerprint density at radius 3 is 2.41 bits per heavy atom. The Bertz CT molecular complexity index is 826. The third-order valence-electron chi connectivity index (χ3n) is 3.76. The van der Waals surface area contributed by atoms with Crippen LogP contribution in [0, 0.1) is 6.92 Å². The third kappa shape index (κ3) is 3.32. The minimum absolute atomic E-state index is 0.147. The van der Waals surface area contributed by atoms with Gasteiger partial charge in [-0.2, -0.15) is 0 Å². The summed E-state index contributed by atoms with van der Waals surface area (Å²) in [5.41, 5.74) is 3.13. The summed E-state index contributed by atoms with van der Waals surface area (Å²) in [6.07, 6.45) is 4.35. The van der Waals surface area contributed by atoms with Gasteiger partial charge in [0.2, 0.25) is 0 Å². The fraction of sp³-hybridized carbons (Fsp3) is 0.0952. The lowest BCUT2D eigenvalue weighted by Crippen LogP contribution is -1.96. The lowest BCUT2D eigenvalue weighted by molar-refractivity contribution is 0.0996. The summed E-state index contributed by atoms with van der Waals surface area (Å²) >= 11 is 0. The molecule has 3 aromatic rings. The topological polar surface area (TPSA) is 17.1 Å². The highest BCUT2D eigenvalue weighted by molar-refractivity contribution is 6.00. The fourth-order valence-corrected chi connectivity index (χ4v) is 2.46. The molecular formula is C21H18O. The van der Waals surface area contributed by atoms with Gasteiger partial charge in [0.05, 0.1) is 0 Å². The van der Waals surface area contributed by atoms with E-state index >= 15 is 0 Å². The smallest absolute Gasteiger partial charge is 0.166 e. The number of rotatable bonds is 4. The van der Waals surface area contributed by atoms with Crippen molar-refractivity contribution in [1.82, 2.24) is 0 Å². The zero-order chi connectivity index (χ0) is 15.4. The molecule has 3 aromatic carbocycles. The van der Waals surface area contributed by atoms with E-state index in [-0.39, 0.29) is 5.78 Å². The summed E-state index contributed by atoms with van der Waals surface area (Å²) in [4.78, 5) is 12.3. The van der Waals surface area contributed by atoms with Crippen LogP contribution in [0.3, 0.4) is 0 Å². The predicted octanol–water partition coefficient (Wildman–Crippen LogP) is 5.43. The summed E-state index contributed by atoms with van der Waals surface area (Å²) in [7, 11) is 0. The zero-order valence-corrected chi connectivity index (χ0v) is 12.6. The van der Waals surface area contributed by atoms with Crippen molar-refractivity contribution in [1.29, 1.82) is 0 Å². The maximum absolute atomic E-state index is 12.3. The molecule has 0 aliphatic heterocycles. The normalized spacial score (nSPS) is 11.1. The Kier molecular flexibility index (Phi) is 4.15. The van der Waals surface area contributed by atoms with Crippen LogP contribution in [-0.4, -0.2) is 5.78 Å². The molecule has 3 rings (SSSR count). The van der Waals surface area contributed by atoms with Gasteiger partial charge < -0.3 is 0 Å². The van der Waals surface area contributed by atoms with Crippen LogP contribution in [0.25, 0.3) is 16.8 Å². The van der Waals surface area contributed by atoms with E-state index in [1.54, 1.807) is 0 Å². The number of allylic oxidation sites excluding steroid dienone is 1. The second kappa shape index (κ2) is 6.40. The van der Waals surface area contributed by atoms with Gasteiger partial charge in [-0.15, -0.1) is 0 Å². The van der Waals surface area contributed by atoms with E-state index in [2.05, 4.69) is 37.3 Å². The van der Waals surface area contributed by atoms with Crippen LogP contribution in [0.5, 0.6) is 0 Å². The minimum Gasteiger partial charge on any atom is -0.294 e. The van der Waals surface area contributed by atoms with E-state index in [0.717, 1.165) is 21.9 Å². The zero-order valence-electron chi connectivity index (χ0n) is 12.6. The maximum Gasteiger partial charge on any atom is 0.166 e. The van der Waals surface area contributed by atoms with Crippen LogP contribution in [0.15, 0.2) is 72.8 Å². The summed E-state index contributed by atoms with van der Waals surface area (Å²) in [6.45, 7) is 2.07. The highest BCUT2D eigenvalue weighted by Crippen LogP contribution is 2.17. The molecule has 1 nitrogen and oxygen atoms in total. The van der Waals surface area contributed by atoms with Gasteiger partial charge in [-0.05, 0) is 29.3 Å². The number of benzene rings is 3. The highest BCUT2D eigenvalue weighted by atomic mass is 16.1. The van der Waals surface area contributed by atoms with Crippen LogP contribution < -0.4 is 0 Å². The van der Waals surface area contributed by atoms with Gasteiger partial charge >= 0.3 is 0 Å². The van der Waals surface area contributed by atoms with Crippen LogP contribution >= 0.6 is 0 Å². The molecule has 0 aromatic heterocycles. The Morgan fingerprint density at radius 2 is 1.64 bits per heavy atom. The van der Waals surface area contributed by atoms with E-state index < -0.39 is 0 Å². The van der Waals surface area contributed by atoms with E-state index in [0.29, 0.717) is 6.42 Å². The molecule has 0 saturated heterocycles. The predicted molar refractivity (Wildman–Crippen MR) is 93.1 cm³/mol. The van der Waals surface area contributed by atoms with Gasteiger partial charge in [0.1, 0.15) is 0 Å². The molecule has 0 N–H and O–H groups in total. The van der Waals surface area contributed by atoms with Crippen molar-refractivity contribution in [2.24, 2.45) is 0 Å². The summed E-state index contributed by atoms with van der Waals surface area (Å²) < 4.78 is 0. The molecule has 0 amide bonds. The van der Waals surface area contributed by atoms with E-state index in [1.807, 2.05) is 48.6 Å². The number of fused-ring (bicyclic) bond motifs is 1. The van der Waals surface area contributed by atoms with Gasteiger partial charge in [-0.1, -0.05) is 78.4 Å². The third-order valence-corrected chi connectivity index (χ3v) is 3.76. The van der Waals surface area contributed by atoms with Crippen molar-refractivity contribution in [2.45, 2.75) is 13.3 Å². The Morgan fingerprint density at radius 1 is 0.909 bits per heavy atom. The lowest BCUT2D eigenvalue weighted by Gasteiger charge is -2.01. The first-order valence-electron chi connectivity index (χ1n) is 7.47. The first-order chi connectivity index (χ1) is 10.7. The lowest BCUT2D eigenvalue weighted by atomic mass is 10.0. The molecule has 1 heteroatoms. The van der Waals surface area contributed by atoms with Crippen molar-refractivity contribution in [3.63, 3.8) is 0 Å². The molecule has 0 aliphatic carbocycles. The molecule has 0 saturated carbocycles. The second-order valence-electron chi connectivity index (χ2n) is 5.50. The summed E-state index contributed by atoms with van der Waals surface area (Å²) in [6, 6.07) is 22.2. The molecule has 0 spiro atoms. The first kappa shape index (κ1) is 14.3. The number of carbonyl (C=O) groups excluding carboxylic acids is 1. The van der Waals surface area contributed by atoms with Gasteiger partial charge in [-0.25, -0.2) is 0 Å². The SMILES string of the molecule is Cc1ccc(/C=C/CC(=O)c2ccc3ccccc3c2)cc1. The molecule has 0 bridgehead atoms. The van der Waals surface area contributed by atoms with Crippen LogP contribution in [0.2, 0.25) is 0 Å². The minimum atomic E-state index is 0.147. The number of aryl methyl sites for hydroxylation is 1. The van der Waals surface area contributed by atoms with Gasteiger partial charge in [-0.3, -0.25) is 4.79 Å². The molecule has 0 unspecified atom stereocenters. The van der Waals surface area contributed by atoms with Crippen molar-refractivity contribution in [3.8, 4) is 0 Å². The van der Waals surface area contributed by atoms with Crippen molar-refractivity contribution >= 4 is 22.6 Å². The van der Waals surface area contributed by atoms with Gasteiger partial charge in [0.25, 0.3) is 0 Å². The second-order valence-corrected chi connectivity index (χ2v) is 5.50. The molecule has 108 valence electrons. The standard InChI is InChI=1S/C21H18O/c1-16-9-11-17(12-10-16)5-4-8-21(22)20-14-13-18-6-2-3-7-19(18)15-20/h2-7,9-15H,8H2,1H3/b5-4+. The van der Waals surface area contributed by atoms with E-state index in [1.165, 1.54) is 5.56 Å². The van der Waals surface area contributed by atoms with Crippen LogP contribution in [0.1, 0.15) is 27.9 Å². The van der Waals surface area contributed by atoms with E-state index in [4.69, 9.17) is 0 Å². The largest absolute Gasteiger partial charge is 0.294 e.